The SMILES string of the molecule is O=[N+]([O-])c1cnccc1Oc1cc(Br)cc(F)c1F. The molecule has 0 fully saturated rings. The molecule has 0 spiro atoms. The van der Waals surface area contributed by atoms with Crippen molar-refractivity contribution in [2.45, 2.75) is 0 Å². The Labute approximate surface area is 114 Å². The maximum atomic E-state index is 13.5. The molecule has 0 bridgehead atoms. The third kappa shape index (κ3) is 2.84. The molecule has 8 heteroatoms. The van der Waals surface area contributed by atoms with Crippen molar-refractivity contribution in [2.75, 3.05) is 0 Å². The summed E-state index contributed by atoms with van der Waals surface area (Å²) in [4.78, 5) is 13.6. The van der Waals surface area contributed by atoms with Crippen LogP contribution in [0.3, 0.4) is 0 Å². The molecule has 5 nitrogen and oxygen atoms in total. The molecule has 0 unspecified atom stereocenters. The number of rotatable bonds is 3. The van der Waals surface area contributed by atoms with E-state index in [9.17, 15) is 18.9 Å². The highest BCUT2D eigenvalue weighted by Gasteiger charge is 2.19. The first-order valence-corrected chi connectivity index (χ1v) is 5.69. The monoisotopic (exact) mass is 330 g/mol. The van der Waals surface area contributed by atoms with Gasteiger partial charge in [0.2, 0.25) is 11.6 Å². The van der Waals surface area contributed by atoms with Crippen molar-refractivity contribution in [1.29, 1.82) is 0 Å². The molecule has 0 radical (unpaired) electrons. The van der Waals surface area contributed by atoms with Crippen LogP contribution >= 0.6 is 15.9 Å². The van der Waals surface area contributed by atoms with Gasteiger partial charge in [-0.1, -0.05) is 15.9 Å². The van der Waals surface area contributed by atoms with E-state index in [1.807, 2.05) is 0 Å². The van der Waals surface area contributed by atoms with E-state index in [1.54, 1.807) is 0 Å². The number of hydrogen-bond acceptors (Lipinski definition) is 4. The Morgan fingerprint density at radius 1 is 1.32 bits per heavy atom. The van der Waals surface area contributed by atoms with E-state index in [-0.39, 0.29) is 10.2 Å². The fourth-order valence-corrected chi connectivity index (χ4v) is 1.73. The van der Waals surface area contributed by atoms with E-state index in [1.165, 1.54) is 18.3 Å². The molecule has 0 saturated carbocycles. The van der Waals surface area contributed by atoms with Crippen LogP contribution in [0.25, 0.3) is 0 Å². The highest BCUT2D eigenvalue weighted by Crippen LogP contribution is 2.33. The molecule has 98 valence electrons. The van der Waals surface area contributed by atoms with Crippen molar-refractivity contribution in [2.24, 2.45) is 0 Å². The van der Waals surface area contributed by atoms with E-state index < -0.39 is 28.0 Å². The lowest BCUT2D eigenvalue weighted by molar-refractivity contribution is -0.386. The number of nitro groups is 1. The third-order valence-corrected chi connectivity index (χ3v) is 2.60. The van der Waals surface area contributed by atoms with E-state index in [2.05, 4.69) is 20.9 Å². The van der Waals surface area contributed by atoms with Crippen molar-refractivity contribution >= 4 is 21.6 Å². The lowest BCUT2D eigenvalue weighted by atomic mass is 10.3. The Balaban J connectivity index is 2.45. The summed E-state index contributed by atoms with van der Waals surface area (Å²) in [6.45, 7) is 0. The standard InChI is InChI=1S/C11H5BrF2N2O3/c12-6-3-7(13)11(14)10(4-6)19-9-1-2-15-5-8(9)16(17)18/h1-5H. The summed E-state index contributed by atoms with van der Waals surface area (Å²) >= 11 is 2.98. The lowest BCUT2D eigenvalue weighted by Crippen LogP contribution is -1.97. The van der Waals surface area contributed by atoms with Crippen LogP contribution in [0.4, 0.5) is 14.5 Å². The molecule has 0 amide bonds. The zero-order valence-electron chi connectivity index (χ0n) is 9.14. The maximum Gasteiger partial charge on any atom is 0.329 e. The predicted octanol–water partition coefficient (Wildman–Crippen LogP) is 3.82. The van der Waals surface area contributed by atoms with Crippen molar-refractivity contribution in [3.05, 3.63) is 56.8 Å². The van der Waals surface area contributed by atoms with Crippen LogP contribution in [0.2, 0.25) is 0 Å². The second-order valence-electron chi connectivity index (χ2n) is 3.40. The summed E-state index contributed by atoms with van der Waals surface area (Å²) in [5.41, 5.74) is -0.442. The van der Waals surface area contributed by atoms with Gasteiger partial charge in [-0.05, 0) is 12.1 Å². The smallest absolute Gasteiger partial charge is 0.329 e. The first-order valence-electron chi connectivity index (χ1n) is 4.90. The minimum atomic E-state index is -1.23. The molecule has 0 saturated heterocycles. The van der Waals surface area contributed by atoms with Crippen molar-refractivity contribution < 1.29 is 18.4 Å². The second kappa shape index (κ2) is 5.27. The van der Waals surface area contributed by atoms with Gasteiger partial charge in [0.05, 0.1) is 4.92 Å². The van der Waals surface area contributed by atoms with Crippen LogP contribution in [0.5, 0.6) is 11.5 Å². The summed E-state index contributed by atoms with van der Waals surface area (Å²) < 4.78 is 31.9. The van der Waals surface area contributed by atoms with Crippen LogP contribution in [0.15, 0.2) is 35.1 Å². The Morgan fingerprint density at radius 2 is 2.05 bits per heavy atom. The zero-order valence-corrected chi connectivity index (χ0v) is 10.7. The molecule has 1 aromatic heterocycles. The van der Waals surface area contributed by atoms with E-state index in [0.717, 1.165) is 12.3 Å². The third-order valence-electron chi connectivity index (χ3n) is 2.14. The van der Waals surface area contributed by atoms with Crippen LogP contribution < -0.4 is 4.74 Å². The molecule has 0 aliphatic rings. The largest absolute Gasteiger partial charge is 0.447 e. The summed E-state index contributed by atoms with van der Waals surface area (Å²) in [5.74, 6) is -3.03. The van der Waals surface area contributed by atoms with Gasteiger partial charge in [-0.15, -0.1) is 0 Å². The average molecular weight is 331 g/mol. The van der Waals surface area contributed by atoms with Crippen LogP contribution in [-0.4, -0.2) is 9.91 Å². The Bertz CT molecular complexity index is 652. The van der Waals surface area contributed by atoms with Gasteiger partial charge in [-0.2, -0.15) is 4.39 Å². The highest BCUT2D eigenvalue weighted by atomic mass is 79.9. The Hall–Kier alpha value is -2.09. The summed E-state index contributed by atoms with van der Waals surface area (Å²) in [5, 5.41) is 10.7. The molecule has 0 atom stereocenters. The molecule has 2 rings (SSSR count). The van der Waals surface area contributed by atoms with E-state index >= 15 is 0 Å². The van der Waals surface area contributed by atoms with Crippen LogP contribution in [0.1, 0.15) is 0 Å². The van der Waals surface area contributed by atoms with Crippen LogP contribution in [0, 0.1) is 21.7 Å². The normalized spacial score (nSPS) is 10.3. The first kappa shape index (κ1) is 13.3. The molecular weight excluding hydrogens is 326 g/mol. The van der Waals surface area contributed by atoms with Gasteiger partial charge in [0, 0.05) is 16.7 Å². The number of pyridine rings is 1. The van der Waals surface area contributed by atoms with E-state index in [4.69, 9.17) is 4.74 Å². The van der Waals surface area contributed by atoms with Gasteiger partial charge in [-0.25, -0.2) is 4.39 Å². The van der Waals surface area contributed by atoms with Gasteiger partial charge in [0.25, 0.3) is 0 Å². The average Bonchev–Trinajstić information content (AvgIpc) is 2.35. The van der Waals surface area contributed by atoms with Gasteiger partial charge in [0.1, 0.15) is 6.20 Å². The van der Waals surface area contributed by atoms with Gasteiger partial charge in [0.15, 0.2) is 11.6 Å². The van der Waals surface area contributed by atoms with E-state index in [0.29, 0.717) is 0 Å². The molecule has 19 heavy (non-hydrogen) atoms. The van der Waals surface area contributed by atoms with Crippen molar-refractivity contribution in [3.8, 4) is 11.5 Å². The fourth-order valence-electron chi connectivity index (χ4n) is 1.32. The van der Waals surface area contributed by atoms with Crippen molar-refractivity contribution in [3.63, 3.8) is 0 Å². The molecule has 2 aromatic rings. The molecular formula is C11H5BrF2N2O3. The minimum Gasteiger partial charge on any atom is -0.447 e. The fraction of sp³-hybridized carbons (Fsp3) is 0. The molecule has 0 aliphatic carbocycles. The molecule has 1 aromatic carbocycles. The summed E-state index contributed by atoms with van der Waals surface area (Å²) in [6.07, 6.45) is 2.20. The minimum absolute atomic E-state index is 0.226. The highest BCUT2D eigenvalue weighted by molar-refractivity contribution is 9.10. The maximum absolute atomic E-state index is 13.5. The van der Waals surface area contributed by atoms with Gasteiger partial charge >= 0.3 is 5.69 Å². The zero-order chi connectivity index (χ0) is 14.0. The Morgan fingerprint density at radius 3 is 2.74 bits per heavy atom. The number of hydrogen-bond donors (Lipinski definition) is 0. The Kier molecular flexibility index (Phi) is 3.70. The number of aromatic nitrogens is 1. The summed E-state index contributed by atoms with van der Waals surface area (Å²) in [6, 6.07) is 3.28. The molecule has 1 heterocycles. The van der Waals surface area contributed by atoms with Crippen LogP contribution in [-0.2, 0) is 0 Å². The van der Waals surface area contributed by atoms with Gasteiger partial charge in [-0.3, -0.25) is 15.1 Å². The number of ether oxygens (including phenoxy) is 1. The lowest BCUT2D eigenvalue weighted by Gasteiger charge is -2.07. The topological polar surface area (TPSA) is 65.3 Å². The molecule has 0 aliphatic heterocycles. The quantitative estimate of drug-likeness (QED) is 0.487. The number of nitrogens with zero attached hydrogens (tertiary/aromatic N) is 2. The number of benzene rings is 1. The van der Waals surface area contributed by atoms with Gasteiger partial charge < -0.3 is 4.74 Å². The molecule has 0 N–H and O–H groups in total. The first-order chi connectivity index (χ1) is 8.99. The predicted molar refractivity (Wildman–Crippen MR) is 65.0 cm³/mol. The second-order valence-corrected chi connectivity index (χ2v) is 4.32. The van der Waals surface area contributed by atoms with Crippen molar-refractivity contribution in [1.82, 2.24) is 4.98 Å². The number of halogens is 3. The summed E-state index contributed by atoms with van der Waals surface area (Å²) in [7, 11) is 0.